The molecule has 0 atom stereocenters. The number of hydrogen-bond acceptors (Lipinski definition) is 1. The van der Waals surface area contributed by atoms with Crippen LogP contribution in [-0.4, -0.2) is 11.1 Å². The summed E-state index contributed by atoms with van der Waals surface area (Å²) in [6.45, 7) is 4.05. The highest BCUT2D eigenvalue weighted by Gasteiger charge is 2.00. The summed E-state index contributed by atoms with van der Waals surface area (Å²) in [7, 11) is 0. The molecule has 0 saturated carbocycles. The van der Waals surface area contributed by atoms with Gasteiger partial charge in [0.1, 0.15) is 0 Å². The average molecular weight is 190 g/mol. The third kappa shape index (κ3) is 2.46. The molecule has 1 aromatic rings. The van der Waals surface area contributed by atoms with Crippen molar-refractivity contribution in [1.82, 2.24) is 0 Å². The molecule has 0 aromatic heterocycles. The van der Waals surface area contributed by atoms with Crippen LogP contribution in [0.3, 0.4) is 0 Å². The summed E-state index contributed by atoms with van der Waals surface area (Å²) in [5, 5.41) is 8.54. The van der Waals surface area contributed by atoms with Crippen LogP contribution in [0.4, 0.5) is 0 Å². The highest BCUT2D eigenvalue weighted by molar-refractivity contribution is 5.85. The van der Waals surface area contributed by atoms with Crippen LogP contribution in [-0.2, 0) is 11.2 Å². The van der Waals surface area contributed by atoms with Gasteiger partial charge in [-0.25, -0.2) is 4.79 Å². The Hall–Kier alpha value is -1.57. The molecule has 0 heterocycles. The molecular weight excluding hydrogens is 176 g/mol. The van der Waals surface area contributed by atoms with Gasteiger partial charge in [-0.05, 0) is 36.1 Å². The van der Waals surface area contributed by atoms with Crippen LogP contribution in [0.5, 0.6) is 0 Å². The molecule has 0 unspecified atom stereocenters. The maximum atomic E-state index is 10.4. The van der Waals surface area contributed by atoms with Crippen LogP contribution in [0.15, 0.2) is 24.3 Å². The fraction of sp³-hybridized carbons (Fsp3) is 0.250. The second-order valence-corrected chi connectivity index (χ2v) is 3.17. The van der Waals surface area contributed by atoms with Crippen LogP contribution in [0.2, 0.25) is 0 Å². The van der Waals surface area contributed by atoms with Gasteiger partial charge in [0.2, 0.25) is 0 Å². The summed E-state index contributed by atoms with van der Waals surface area (Å²) in [5.41, 5.74) is 3.32. The van der Waals surface area contributed by atoms with Gasteiger partial charge >= 0.3 is 5.97 Å². The molecule has 0 bridgehead atoms. The first-order valence-electron chi connectivity index (χ1n) is 4.64. The predicted molar refractivity (Wildman–Crippen MR) is 57.2 cm³/mol. The Labute approximate surface area is 83.9 Å². The standard InChI is InChI=1S/C12H14O2/c1-3-10-6-4-5-9(2)11(10)7-8-12(13)14/h4-8H,3H2,1-2H3,(H,13,14)/b8-7+. The van der Waals surface area contributed by atoms with Crippen molar-refractivity contribution in [2.24, 2.45) is 0 Å². The van der Waals surface area contributed by atoms with Crippen molar-refractivity contribution in [3.05, 3.63) is 41.0 Å². The van der Waals surface area contributed by atoms with E-state index in [1.807, 2.05) is 25.1 Å². The van der Waals surface area contributed by atoms with E-state index in [4.69, 9.17) is 5.11 Å². The molecular formula is C12H14O2. The van der Waals surface area contributed by atoms with E-state index < -0.39 is 5.97 Å². The number of aliphatic carboxylic acids is 1. The minimum atomic E-state index is -0.907. The minimum Gasteiger partial charge on any atom is -0.478 e. The first kappa shape index (κ1) is 10.5. The molecule has 0 spiro atoms. The lowest BCUT2D eigenvalue weighted by molar-refractivity contribution is -0.131. The van der Waals surface area contributed by atoms with Crippen LogP contribution in [0, 0.1) is 6.92 Å². The molecule has 1 rings (SSSR count). The van der Waals surface area contributed by atoms with Gasteiger partial charge in [-0.2, -0.15) is 0 Å². The topological polar surface area (TPSA) is 37.3 Å². The van der Waals surface area contributed by atoms with Gasteiger partial charge in [0.05, 0.1) is 0 Å². The molecule has 0 amide bonds. The molecule has 74 valence electrons. The lowest BCUT2D eigenvalue weighted by Gasteiger charge is -2.05. The molecule has 1 N–H and O–H groups in total. The minimum absolute atomic E-state index is 0.907. The third-order valence-corrected chi connectivity index (χ3v) is 2.19. The van der Waals surface area contributed by atoms with Crippen LogP contribution in [0.1, 0.15) is 23.6 Å². The Morgan fingerprint density at radius 3 is 2.79 bits per heavy atom. The fourth-order valence-corrected chi connectivity index (χ4v) is 1.44. The van der Waals surface area contributed by atoms with Crippen LogP contribution >= 0.6 is 0 Å². The number of benzene rings is 1. The summed E-state index contributed by atoms with van der Waals surface area (Å²) < 4.78 is 0. The van der Waals surface area contributed by atoms with Crippen molar-refractivity contribution in [1.29, 1.82) is 0 Å². The number of carboxylic acids is 1. The molecule has 14 heavy (non-hydrogen) atoms. The molecule has 0 fully saturated rings. The molecule has 1 aromatic carbocycles. The second-order valence-electron chi connectivity index (χ2n) is 3.17. The molecule has 2 heteroatoms. The van der Waals surface area contributed by atoms with E-state index in [0.29, 0.717) is 0 Å². The van der Waals surface area contributed by atoms with Gasteiger partial charge in [-0.3, -0.25) is 0 Å². The number of rotatable bonds is 3. The van der Waals surface area contributed by atoms with E-state index in [2.05, 4.69) is 6.92 Å². The summed E-state index contributed by atoms with van der Waals surface area (Å²) >= 11 is 0. The van der Waals surface area contributed by atoms with E-state index in [1.54, 1.807) is 6.08 Å². The summed E-state index contributed by atoms with van der Waals surface area (Å²) in [5.74, 6) is -0.907. The zero-order chi connectivity index (χ0) is 10.6. The molecule has 0 aliphatic heterocycles. The van der Waals surface area contributed by atoms with Crippen molar-refractivity contribution in [2.75, 3.05) is 0 Å². The Bertz CT molecular complexity index is 365. The number of carboxylic acid groups (broad SMARTS) is 1. The van der Waals surface area contributed by atoms with E-state index in [-0.39, 0.29) is 0 Å². The highest BCUT2D eigenvalue weighted by Crippen LogP contribution is 2.16. The average Bonchev–Trinajstić information content (AvgIpc) is 2.15. The Balaban J connectivity index is 3.11. The first-order valence-corrected chi connectivity index (χ1v) is 4.64. The zero-order valence-electron chi connectivity index (χ0n) is 8.45. The lowest BCUT2D eigenvalue weighted by Crippen LogP contribution is -1.92. The van der Waals surface area contributed by atoms with Crippen molar-refractivity contribution in [3.8, 4) is 0 Å². The molecule has 0 saturated heterocycles. The maximum absolute atomic E-state index is 10.4. The molecule has 2 nitrogen and oxygen atoms in total. The lowest BCUT2D eigenvalue weighted by atomic mass is 10.00. The van der Waals surface area contributed by atoms with Gasteiger partial charge in [-0.1, -0.05) is 25.1 Å². The SMILES string of the molecule is CCc1cccc(C)c1/C=C/C(=O)O. The maximum Gasteiger partial charge on any atom is 0.328 e. The van der Waals surface area contributed by atoms with E-state index >= 15 is 0 Å². The third-order valence-electron chi connectivity index (χ3n) is 2.19. The molecule has 0 aliphatic rings. The summed E-state index contributed by atoms with van der Waals surface area (Å²) in [6, 6.07) is 6.00. The van der Waals surface area contributed by atoms with Gasteiger partial charge in [0.25, 0.3) is 0 Å². The van der Waals surface area contributed by atoms with Crippen LogP contribution < -0.4 is 0 Å². The largest absolute Gasteiger partial charge is 0.478 e. The van der Waals surface area contributed by atoms with Gasteiger partial charge in [0.15, 0.2) is 0 Å². The molecule has 0 radical (unpaired) electrons. The van der Waals surface area contributed by atoms with Gasteiger partial charge < -0.3 is 5.11 Å². The Kier molecular flexibility index (Phi) is 3.46. The zero-order valence-corrected chi connectivity index (χ0v) is 8.45. The van der Waals surface area contributed by atoms with Crippen molar-refractivity contribution in [2.45, 2.75) is 20.3 Å². The smallest absolute Gasteiger partial charge is 0.328 e. The van der Waals surface area contributed by atoms with Gasteiger partial charge in [0, 0.05) is 6.08 Å². The van der Waals surface area contributed by atoms with E-state index in [1.165, 1.54) is 11.6 Å². The normalized spacial score (nSPS) is 10.7. The number of hydrogen-bond donors (Lipinski definition) is 1. The van der Waals surface area contributed by atoms with Crippen molar-refractivity contribution >= 4 is 12.0 Å². The van der Waals surface area contributed by atoms with Crippen molar-refractivity contribution in [3.63, 3.8) is 0 Å². The van der Waals surface area contributed by atoms with Gasteiger partial charge in [-0.15, -0.1) is 0 Å². The Morgan fingerprint density at radius 2 is 2.21 bits per heavy atom. The number of carbonyl (C=O) groups is 1. The van der Waals surface area contributed by atoms with Crippen LogP contribution in [0.25, 0.3) is 6.08 Å². The van der Waals surface area contributed by atoms with E-state index in [9.17, 15) is 4.79 Å². The summed E-state index contributed by atoms with van der Waals surface area (Å²) in [6.07, 6.45) is 3.76. The highest BCUT2D eigenvalue weighted by atomic mass is 16.4. The fourth-order valence-electron chi connectivity index (χ4n) is 1.44. The second kappa shape index (κ2) is 4.61. The van der Waals surface area contributed by atoms with Crippen molar-refractivity contribution < 1.29 is 9.90 Å². The predicted octanol–water partition coefficient (Wildman–Crippen LogP) is 2.66. The Morgan fingerprint density at radius 1 is 1.50 bits per heavy atom. The van der Waals surface area contributed by atoms with E-state index in [0.717, 1.165) is 17.5 Å². The monoisotopic (exact) mass is 190 g/mol. The first-order chi connectivity index (χ1) is 6.65. The summed E-state index contributed by atoms with van der Waals surface area (Å²) in [4.78, 5) is 10.4. The quantitative estimate of drug-likeness (QED) is 0.744. The molecule has 0 aliphatic carbocycles. The number of aryl methyl sites for hydroxylation is 2.